The molecule has 1 aromatic rings. The van der Waals surface area contributed by atoms with E-state index in [1.165, 1.54) is 6.07 Å². The first kappa shape index (κ1) is 11.6. The Balaban J connectivity index is 3.33. The highest BCUT2D eigenvalue weighted by Crippen LogP contribution is 2.25. The molecule has 1 rings (SSSR count). The van der Waals surface area contributed by atoms with Gasteiger partial charge in [-0.3, -0.25) is 0 Å². The molecule has 0 spiro atoms. The summed E-state index contributed by atoms with van der Waals surface area (Å²) in [6.45, 7) is 0. The molecule has 0 bridgehead atoms. The third kappa shape index (κ3) is 2.30. The van der Waals surface area contributed by atoms with Crippen LogP contribution < -0.4 is 0 Å². The van der Waals surface area contributed by atoms with Crippen LogP contribution in [-0.2, 0) is 5.88 Å². The van der Waals surface area contributed by atoms with Crippen molar-refractivity contribution in [3.8, 4) is 6.07 Å². The monoisotopic (exact) mass is 328 g/mol. The number of nitriles is 1. The molecule has 0 atom stereocenters. The quantitative estimate of drug-likeness (QED) is 0.617. The van der Waals surface area contributed by atoms with Crippen molar-refractivity contribution in [3.63, 3.8) is 0 Å². The summed E-state index contributed by atoms with van der Waals surface area (Å²) in [6, 6.07) is 2.87. The molecule has 0 fully saturated rings. The molecule has 6 heteroatoms. The highest BCUT2D eigenvalue weighted by molar-refractivity contribution is 14.1. The molecule has 0 saturated carbocycles. The third-order valence-electron chi connectivity index (χ3n) is 1.55. The molecule has 14 heavy (non-hydrogen) atoms. The van der Waals surface area contributed by atoms with Crippen LogP contribution in [0.5, 0.6) is 0 Å². The van der Waals surface area contributed by atoms with Gasteiger partial charge in [0.15, 0.2) is 0 Å². The summed E-state index contributed by atoms with van der Waals surface area (Å²) in [5, 5.41) is 8.59. The highest BCUT2D eigenvalue weighted by atomic mass is 127. The average Bonchev–Trinajstić information content (AvgIpc) is 2.17. The van der Waals surface area contributed by atoms with E-state index in [9.17, 15) is 8.78 Å². The maximum Gasteiger partial charge on any atom is 0.266 e. The Morgan fingerprint density at radius 3 is 2.71 bits per heavy atom. The summed E-state index contributed by atoms with van der Waals surface area (Å²) >= 11 is 7.39. The number of aromatic nitrogens is 1. The van der Waals surface area contributed by atoms with E-state index in [2.05, 4.69) is 4.98 Å². The molecule has 0 N–H and O–H groups in total. The summed E-state index contributed by atoms with van der Waals surface area (Å²) in [5.41, 5.74) is -0.143. The van der Waals surface area contributed by atoms with Gasteiger partial charge in [0.25, 0.3) is 6.43 Å². The Labute approximate surface area is 98.0 Å². The summed E-state index contributed by atoms with van der Waals surface area (Å²) in [7, 11) is 0. The second kappa shape index (κ2) is 4.84. The molecule has 0 aliphatic carbocycles. The van der Waals surface area contributed by atoms with Crippen LogP contribution in [0.1, 0.15) is 23.4 Å². The van der Waals surface area contributed by atoms with Gasteiger partial charge in [-0.2, -0.15) is 5.26 Å². The lowest BCUT2D eigenvalue weighted by molar-refractivity contribution is 0.150. The van der Waals surface area contributed by atoms with Gasteiger partial charge in [-0.1, -0.05) is 0 Å². The van der Waals surface area contributed by atoms with Gasteiger partial charge < -0.3 is 0 Å². The zero-order valence-corrected chi connectivity index (χ0v) is 9.68. The Hall–Kier alpha value is -0.480. The summed E-state index contributed by atoms with van der Waals surface area (Å²) in [6.07, 6.45) is -2.69. The van der Waals surface area contributed by atoms with Crippen molar-refractivity contribution in [2.75, 3.05) is 0 Å². The van der Waals surface area contributed by atoms with E-state index in [0.29, 0.717) is 9.26 Å². The van der Waals surface area contributed by atoms with E-state index < -0.39 is 6.43 Å². The Morgan fingerprint density at radius 1 is 1.64 bits per heavy atom. The first-order valence-corrected chi connectivity index (χ1v) is 5.15. The fourth-order valence-electron chi connectivity index (χ4n) is 0.891. The van der Waals surface area contributed by atoms with Crippen LogP contribution in [0.2, 0.25) is 0 Å². The molecule has 0 aliphatic heterocycles. The number of hydrogen-bond acceptors (Lipinski definition) is 2. The molecule has 74 valence electrons. The first-order valence-electron chi connectivity index (χ1n) is 3.53. The topological polar surface area (TPSA) is 36.7 Å². The number of rotatable bonds is 2. The standard InChI is InChI=1S/C8H4ClF2IN2/c9-2-6-5(12)1-4(8(10)11)7(3-13)14-6/h1,8H,2H2. The Morgan fingerprint density at radius 2 is 2.29 bits per heavy atom. The van der Waals surface area contributed by atoms with Crippen LogP contribution in [-0.4, -0.2) is 4.98 Å². The van der Waals surface area contributed by atoms with Crippen molar-refractivity contribution in [1.82, 2.24) is 4.98 Å². The fourth-order valence-corrected chi connectivity index (χ4v) is 1.97. The molecular formula is C8H4ClF2IN2. The van der Waals surface area contributed by atoms with Gasteiger partial charge in [-0.25, -0.2) is 13.8 Å². The zero-order chi connectivity index (χ0) is 10.7. The van der Waals surface area contributed by atoms with Crippen molar-refractivity contribution in [2.45, 2.75) is 12.3 Å². The number of nitrogens with zero attached hydrogens (tertiary/aromatic N) is 2. The van der Waals surface area contributed by atoms with Crippen molar-refractivity contribution in [2.24, 2.45) is 0 Å². The number of hydrogen-bond donors (Lipinski definition) is 0. The molecule has 0 amide bonds. The minimum absolute atomic E-state index is 0.108. The van der Waals surface area contributed by atoms with Gasteiger partial charge in [0.1, 0.15) is 11.8 Å². The van der Waals surface area contributed by atoms with E-state index in [0.717, 1.165) is 0 Å². The predicted octanol–water partition coefficient (Wildman–Crippen LogP) is 3.23. The molecule has 0 aliphatic rings. The molecule has 2 nitrogen and oxygen atoms in total. The Kier molecular flexibility index (Phi) is 4.01. The second-order valence-corrected chi connectivity index (χ2v) is 3.83. The van der Waals surface area contributed by atoms with Gasteiger partial charge in [0.05, 0.1) is 17.1 Å². The third-order valence-corrected chi connectivity index (χ3v) is 2.73. The predicted molar refractivity (Wildman–Crippen MR) is 56.2 cm³/mol. The summed E-state index contributed by atoms with van der Waals surface area (Å²) < 4.78 is 25.4. The van der Waals surface area contributed by atoms with Gasteiger partial charge >= 0.3 is 0 Å². The van der Waals surface area contributed by atoms with E-state index >= 15 is 0 Å². The molecule has 1 aromatic heterocycles. The van der Waals surface area contributed by atoms with Crippen LogP contribution in [0.15, 0.2) is 6.07 Å². The maximum absolute atomic E-state index is 12.4. The summed E-state index contributed by atoms with van der Waals surface area (Å²) in [4.78, 5) is 3.75. The van der Waals surface area contributed by atoms with E-state index in [1.807, 2.05) is 22.6 Å². The minimum atomic E-state index is -2.69. The van der Waals surface area contributed by atoms with Crippen LogP contribution in [0.25, 0.3) is 0 Å². The van der Waals surface area contributed by atoms with E-state index in [-0.39, 0.29) is 17.1 Å². The number of alkyl halides is 3. The lowest BCUT2D eigenvalue weighted by atomic mass is 10.2. The smallest absolute Gasteiger partial charge is 0.239 e. The molecule has 0 unspecified atom stereocenters. The lowest BCUT2D eigenvalue weighted by Crippen LogP contribution is -2.00. The van der Waals surface area contributed by atoms with Gasteiger partial charge in [0, 0.05) is 3.57 Å². The average molecular weight is 328 g/mol. The lowest BCUT2D eigenvalue weighted by Gasteiger charge is -2.05. The molecule has 0 radical (unpaired) electrons. The molecule has 0 saturated heterocycles. The minimum Gasteiger partial charge on any atom is -0.239 e. The Bertz CT molecular complexity index is 390. The van der Waals surface area contributed by atoms with Gasteiger partial charge in [0.2, 0.25) is 0 Å². The van der Waals surface area contributed by atoms with Crippen LogP contribution in [0.4, 0.5) is 8.78 Å². The second-order valence-electron chi connectivity index (χ2n) is 2.40. The normalized spacial score (nSPS) is 10.3. The largest absolute Gasteiger partial charge is 0.266 e. The zero-order valence-electron chi connectivity index (χ0n) is 6.77. The molecule has 1 heterocycles. The van der Waals surface area contributed by atoms with Crippen LogP contribution in [0, 0.1) is 14.9 Å². The molecular weight excluding hydrogens is 324 g/mol. The fraction of sp³-hybridized carbons (Fsp3) is 0.250. The van der Waals surface area contributed by atoms with Crippen molar-refractivity contribution in [1.29, 1.82) is 5.26 Å². The van der Waals surface area contributed by atoms with Crippen LogP contribution >= 0.6 is 34.2 Å². The van der Waals surface area contributed by atoms with Crippen molar-refractivity contribution < 1.29 is 8.78 Å². The SMILES string of the molecule is N#Cc1nc(CCl)c(I)cc1C(F)F. The van der Waals surface area contributed by atoms with Crippen molar-refractivity contribution in [3.05, 3.63) is 26.6 Å². The summed E-state index contributed by atoms with van der Waals surface area (Å²) in [5.74, 6) is 0.108. The van der Waals surface area contributed by atoms with Gasteiger partial charge in [-0.15, -0.1) is 11.6 Å². The maximum atomic E-state index is 12.4. The molecule has 0 aromatic carbocycles. The number of pyridine rings is 1. The van der Waals surface area contributed by atoms with E-state index in [4.69, 9.17) is 16.9 Å². The van der Waals surface area contributed by atoms with Gasteiger partial charge in [-0.05, 0) is 28.7 Å². The first-order chi connectivity index (χ1) is 6.60. The highest BCUT2D eigenvalue weighted by Gasteiger charge is 2.16. The van der Waals surface area contributed by atoms with Crippen LogP contribution in [0.3, 0.4) is 0 Å². The van der Waals surface area contributed by atoms with E-state index in [1.54, 1.807) is 6.07 Å². The number of halogens is 4. The van der Waals surface area contributed by atoms with Crippen molar-refractivity contribution >= 4 is 34.2 Å².